The number of rotatable bonds is 6. The molecule has 1 aromatic rings. The second-order valence-corrected chi connectivity index (χ2v) is 4.82. The van der Waals surface area contributed by atoms with Crippen LogP contribution in [0.3, 0.4) is 0 Å². The van der Waals surface area contributed by atoms with Crippen LogP contribution in [-0.2, 0) is 0 Å². The summed E-state index contributed by atoms with van der Waals surface area (Å²) in [5.74, 6) is 7.85. The molecule has 4 nitrogen and oxygen atoms in total. The molecule has 3 atom stereocenters. The summed E-state index contributed by atoms with van der Waals surface area (Å²) < 4.78 is 5.59. The molecule has 1 aromatic heterocycles. The van der Waals surface area contributed by atoms with Crippen LogP contribution in [0.25, 0.3) is 0 Å². The van der Waals surface area contributed by atoms with Gasteiger partial charge in [0.25, 0.3) is 0 Å². The minimum atomic E-state index is 0.197. The molecule has 17 heavy (non-hydrogen) atoms. The Morgan fingerprint density at radius 1 is 1.59 bits per heavy atom. The molecule has 3 unspecified atom stereocenters. The van der Waals surface area contributed by atoms with E-state index >= 15 is 0 Å². The van der Waals surface area contributed by atoms with E-state index in [2.05, 4.69) is 24.3 Å². The van der Waals surface area contributed by atoms with Crippen LogP contribution in [0.15, 0.2) is 18.5 Å². The number of nitrogens with two attached hydrogens (primary N) is 1. The van der Waals surface area contributed by atoms with E-state index in [-0.39, 0.29) is 6.04 Å². The number of nitrogens with one attached hydrogen (secondary N) is 1. The third kappa shape index (κ3) is 2.96. The average Bonchev–Trinajstić information content (AvgIpc) is 3.05. The number of aromatic nitrogens is 1. The molecule has 2 rings (SSSR count). The number of hydrogen-bond acceptors (Lipinski definition) is 4. The van der Waals surface area contributed by atoms with Gasteiger partial charge in [0.05, 0.1) is 18.8 Å². The normalized spacial score (nSPS) is 24.4. The minimum absolute atomic E-state index is 0.197. The summed E-state index contributed by atoms with van der Waals surface area (Å²) in [4.78, 5) is 4.22. The lowest BCUT2D eigenvalue weighted by atomic mass is 10.0. The van der Waals surface area contributed by atoms with Crippen LogP contribution < -0.4 is 16.0 Å². The molecule has 4 heteroatoms. The van der Waals surface area contributed by atoms with Gasteiger partial charge in [-0.25, -0.2) is 0 Å². The molecular formula is C13H21N3O. The van der Waals surface area contributed by atoms with Crippen LogP contribution in [0.5, 0.6) is 5.75 Å². The monoisotopic (exact) mass is 235 g/mol. The van der Waals surface area contributed by atoms with Crippen molar-refractivity contribution >= 4 is 0 Å². The lowest BCUT2D eigenvalue weighted by molar-refractivity contribution is 0.315. The first-order chi connectivity index (χ1) is 8.26. The Morgan fingerprint density at radius 2 is 2.35 bits per heavy atom. The van der Waals surface area contributed by atoms with Gasteiger partial charge in [0.15, 0.2) is 0 Å². The number of pyridine rings is 1. The maximum atomic E-state index is 5.64. The Morgan fingerprint density at radius 3 is 2.94 bits per heavy atom. The molecule has 0 bridgehead atoms. The van der Waals surface area contributed by atoms with E-state index < -0.39 is 0 Å². The number of nitrogens with zero attached hydrogens (tertiary/aromatic N) is 1. The van der Waals surface area contributed by atoms with Gasteiger partial charge in [0.1, 0.15) is 5.75 Å². The molecular weight excluding hydrogens is 214 g/mol. The molecule has 1 saturated carbocycles. The standard InChI is InChI=1S/C13H21N3O/c1-3-4-17-11-6-10(7-15-8-11)13(16-14)12-5-9(12)2/h6-9,12-13,16H,3-5,14H2,1-2H3. The van der Waals surface area contributed by atoms with Crippen molar-refractivity contribution in [3.05, 3.63) is 24.0 Å². The van der Waals surface area contributed by atoms with Gasteiger partial charge in [-0.1, -0.05) is 13.8 Å². The van der Waals surface area contributed by atoms with Crippen LogP contribution in [0.1, 0.15) is 38.3 Å². The van der Waals surface area contributed by atoms with Crippen molar-refractivity contribution in [1.29, 1.82) is 0 Å². The van der Waals surface area contributed by atoms with Crippen molar-refractivity contribution in [1.82, 2.24) is 10.4 Å². The van der Waals surface area contributed by atoms with Crippen molar-refractivity contribution in [2.75, 3.05) is 6.61 Å². The molecule has 1 aliphatic carbocycles. The average molecular weight is 235 g/mol. The topological polar surface area (TPSA) is 60.2 Å². The van der Waals surface area contributed by atoms with Gasteiger partial charge in [0.2, 0.25) is 0 Å². The maximum absolute atomic E-state index is 5.64. The van der Waals surface area contributed by atoms with Crippen LogP contribution in [0.4, 0.5) is 0 Å². The fourth-order valence-electron chi connectivity index (χ4n) is 2.19. The Hall–Kier alpha value is -1.13. The molecule has 1 heterocycles. The largest absolute Gasteiger partial charge is 0.492 e. The Bertz CT molecular complexity index is 369. The van der Waals surface area contributed by atoms with Gasteiger partial charge in [-0.3, -0.25) is 16.3 Å². The fraction of sp³-hybridized carbons (Fsp3) is 0.615. The van der Waals surface area contributed by atoms with E-state index in [1.807, 2.05) is 12.3 Å². The zero-order chi connectivity index (χ0) is 12.3. The van der Waals surface area contributed by atoms with Gasteiger partial charge < -0.3 is 4.74 Å². The summed E-state index contributed by atoms with van der Waals surface area (Å²) in [7, 11) is 0. The SMILES string of the molecule is CCCOc1cncc(C(NN)C2CC2C)c1. The second kappa shape index (κ2) is 5.47. The molecule has 0 radical (unpaired) electrons. The minimum Gasteiger partial charge on any atom is -0.492 e. The molecule has 0 spiro atoms. The first kappa shape index (κ1) is 12.3. The Kier molecular flexibility index (Phi) is 3.97. The second-order valence-electron chi connectivity index (χ2n) is 4.82. The van der Waals surface area contributed by atoms with Gasteiger partial charge in [-0.15, -0.1) is 0 Å². The quantitative estimate of drug-likeness (QED) is 0.585. The van der Waals surface area contributed by atoms with Crippen molar-refractivity contribution in [3.8, 4) is 5.75 Å². The summed E-state index contributed by atoms with van der Waals surface area (Å²) in [5, 5.41) is 0. The smallest absolute Gasteiger partial charge is 0.137 e. The van der Waals surface area contributed by atoms with Gasteiger partial charge in [-0.05, 0) is 36.3 Å². The van der Waals surface area contributed by atoms with Crippen LogP contribution in [0, 0.1) is 11.8 Å². The van der Waals surface area contributed by atoms with Crippen molar-refractivity contribution in [2.45, 2.75) is 32.7 Å². The molecule has 0 aliphatic heterocycles. The Labute approximate surface area is 103 Å². The summed E-state index contributed by atoms with van der Waals surface area (Å²) in [6.45, 7) is 5.07. The predicted octanol–water partition coefficient (Wildman–Crippen LogP) is 2.03. The van der Waals surface area contributed by atoms with E-state index in [1.54, 1.807) is 6.20 Å². The Balaban J connectivity index is 2.08. The highest BCUT2D eigenvalue weighted by Gasteiger charge is 2.39. The molecule has 0 amide bonds. The number of hydrogen-bond donors (Lipinski definition) is 2. The zero-order valence-electron chi connectivity index (χ0n) is 10.5. The molecule has 3 N–H and O–H groups in total. The highest BCUT2D eigenvalue weighted by Crippen LogP contribution is 2.46. The van der Waals surface area contributed by atoms with E-state index in [4.69, 9.17) is 10.6 Å². The number of hydrazine groups is 1. The highest BCUT2D eigenvalue weighted by atomic mass is 16.5. The molecule has 1 aliphatic rings. The van der Waals surface area contributed by atoms with Gasteiger partial charge >= 0.3 is 0 Å². The van der Waals surface area contributed by atoms with E-state index in [1.165, 1.54) is 6.42 Å². The summed E-state index contributed by atoms with van der Waals surface area (Å²) >= 11 is 0. The molecule has 94 valence electrons. The van der Waals surface area contributed by atoms with Crippen molar-refractivity contribution in [3.63, 3.8) is 0 Å². The van der Waals surface area contributed by atoms with E-state index in [9.17, 15) is 0 Å². The lowest BCUT2D eigenvalue weighted by Crippen LogP contribution is -2.30. The number of ether oxygens (including phenoxy) is 1. The third-order valence-corrected chi connectivity index (χ3v) is 3.35. The van der Waals surface area contributed by atoms with Crippen LogP contribution in [-0.4, -0.2) is 11.6 Å². The van der Waals surface area contributed by atoms with Crippen LogP contribution in [0.2, 0.25) is 0 Å². The zero-order valence-corrected chi connectivity index (χ0v) is 10.5. The fourth-order valence-corrected chi connectivity index (χ4v) is 2.19. The third-order valence-electron chi connectivity index (χ3n) is 3.35. The molecule has 0 aromatic carbocycles. The lowest BCUT2D eigenvalue weighted by Gasteiger charge is -2.16. The molecule has 0 saturated heterocycles. The van der Waals surface area contributed by atoms with Gasteiger partial charge in [-0.2, -0.15) is 0 Å². The van der Waals surface area contributed by atoms with Gasteiger partial charge in [0, 0.05) is 6.20 Å². The van der Waals surface area contributed by atoms with E-state index in [0.717, 1.165) is 30.3 Å². The predicted molar refractivity (Wildman–Crippen MR) is 67.4 cm³/mol. The first-order valence-corrected chi connectivity index (χ1v) is 6.30. The summed E-state index contributed by atoms with van der Waals surface area (Å²) in [5.41, 5.74) is 4.02. The van der Waals surface area contributed by atoms with Crippen LogP contribution >= 0.6 is 0 Å². The summed E-state index contributed by atoms with van der Waals surface area (Å²) in [6, 6.07) is 2.24. The van der Waals surface area contributed by atoms with Crippen molar-refractivity contribution < 1.29 is 4.74 Å². The first-order valence-electron chi connectivity index (χ1n) is 6.30. The highest BCUT2D eigenvalue weighted by molar-refractivity contribution is 5.27. The van der Waals surface area contributed by atoms with Crippen molar-refractivity contribution in [2.24, 2.45) is 17.7 Å². The maximum Gasteiger partial charge on any atom is 0.137 e. The molecule has 1 fully saturated rings. The van der Waals surface area contributed by atoms with E-state index in [0.29, 0.717) is 5.92 Å². The summed E-state index contributed by atoms with van der Waals surface area (Å²) in [6.07, 6.45) is 5.86.